The highest BCUT2D eigenvalue weighted by Crippen LogP contribution is 2.35. The summed E-state index contributed by atoms with van der Waals surface area (Å²) in [5.74, 6) is 7.48. The van der Waals surface area contributed by atoms with Crippen LogP contribution in [0.15, 0.2) is 78.2 Å². The van der Waals surface area contributed by atoms with Crippen molar-refractivity contribution in [2.24, 2.45) is 0 Å². The molecule has 1 unspecified atom stereocenters. The summed E-state index contributed by atoms with van der Waals surface area (Å²) in [6.45, 7) is 2.27. The Kier molecular flexibility index (Phi) is 7.65. The standard InChI is InChI=1S/C29H28N4O2S/c1-21-18-25(15-13-22(21)14-16-27(34)23-8-3-2-4-9-23)35-20-28-31-32-29(36-26-11-5-6-12-26)33(28)24-10-7-17-30-19-24/h2-4,7-10,13,15,17-19,26-27,34H,5-6,11-12,20H2,1H3. The van der Waals surface area contributed by atoms with Gasteiger partial charge in [0.1, 0.15) is 18.5 Å². The molecule has 2 aromatic carbocycles. The minimum Gasteiger partial charge on any atom is -0.486 e. The predicted molar refractivity (Wildman–Crippen MR) is 141 cm³/mol. The number of aliphatic hydroxyl groups excluding tert-OH is 1. The number of pyridine rings is 1. The number of hydrogen-bond acceptors (Lipinski definition) is 6. The second kappa shape index (κ2) is 11.4. The summed E-state index contributed by atoms with van der Waals surface area (Å²) in [5.41, 5.74) is 3.55. The quantitative estimate of drug-likeness (QED) is 0.333. The van der Waals surface area contributed by atoms with Gasteiger partial charge in [0.05, 0.1) is 11.9 Å². The number of nitrogens with zero attached hydrogens (tertiary/aromatic N) is 4. The van der Waals surface area contributed by atoms with Gasteiger partial charge in [-0.1, -0.05) is 66.8 Å². The first-order chi connectivity index (χ1) is 17.7. The highest BCUT2D eigenvalue weighted by molar-refractivity contribution is 7.99. The third kappa shape index (κ3) is 5.78. The average Bonchev–Trinajstić information content (AvgIpc) is 3.58. The van der Waals surface area contributed by atoms with E-state index >= 15 is 0 Å². The molecular formula is C29H28N4O2S. The highest BCUT2D eigenvalue weighted by Gasteiger charge is 2.22. The molecule has 2 aromatic heterocycles. The predicted octanol–water partition coefficient (Wildman–Crippen LogP) is 5.67. The minimum absolute atomic E-state index is 0.282. The van der Waals surface area contributed by atoms with Crippen LogP contribution in [0.2, 0.25) is 0 Å². The van der Waals surface area contributed by atoms with Crippen LogP contribution in [0, 0.1) is 18.8 Å². The molecule has 0 bridgehead atoms. The van der Waals surface area contributed by atoms with Crippen LogP contribution >= 0.6 is 11.8 Å². The van der Waals surface area contributed by atoms with Crippen molar-refractivity contribution in [1.29, 1.82) is 0 Å². The molecule has 5 rings (SSSR count). The van der Waals surface area contributed by atoms with Crippen molar-refractivity contribution in [3.8, 4) is 23.3 Å². The number of aryl methyl sites for hydroxylation is 1. The van der Waals surface area contributed by atoms with Gasteiger partial charge in [0.25, 0.3) is 0 Å². The lowest BCUT2D eigenvalue weighted by Gasteiger charge is -2.13. The van der Waals surface area contributed by atoms with E-state index in [2.05, 4.69) is 27.0 Å². The molecule has 2 heterocycles. The summed E-state index contributed by atoms with van der Waals surface area (Å²) in [6, 6.07) is 19.1. The number of benzene rings is 2. The first kappa shape index (κ1) is 24.1. The van der Waals surface area contributed by atoms with Crippen LogP contribution in [-0.4, -0.2) is 30.1 Å². The second-order valence-corrected chi connectivity index (χ2v) is 10.1. The molecule has 6 nitrogen and oxygen atoms in total. The Labute approximate surface area is 215 Å². The summed E-state index contributed by atoms with van der Waals surface area (Å²) in [5, 5.41) is 20.7. The van der Waals surface area contributed by atoms with Gasteiger partial charge in [0, 0.05) is 17.0 Å². The molecule has 0 radical (unpaired) electrons. The van der Waals surface area contributed by atoms with Gasteiger partial charge in [-0.3, -0.25) is 9.55 Å². The number of hydrogen-bond donors (Lipinski definition) is 1. The van der Waals surface area contributed by atoms with Crippen molar-refractivity contribution in [2.45, 2.75) is 55.7 Å². The second-order valence-electron chi connectivity index (χ2n) is 8.82. The summed E-state index contributed by atoms with van der Waals surface area (Å²) in [4.78, 5) is 4.29. The third-order valence-corrected chi connectivity index (χ3v) is 7.48. The summed E-state index contributed by atoms with van der Waals surface area (Å²) >= 11 is 1.80. The van der Waals surface area contributed by atoms with Crippen LogP contribution in [0.1, 0.15) is 54.3 Å². The van der Waals surface area contributed by atoms with Crippen molar-refractivity contribution in [2.75, 3.05) is 0 Å². The molecule has 4 aromatic rings. The van der Waals surface area contributed by atoms with E-state index in [0.717, 1.165) is 39.1 Å². The van der Waals surface area contributed by atoms with Gasteiger partial charge in [0.15, 0.2) is 11.0 Å². The Morgan fingerprint density at radius 1 is 1.08 bits per heavy atom. The molecule has 0 spiro atoms. The molecule has 0 amide bonds. The van der Waals surface area contributed by atoms with Crippen molar-refractivity contribution in [1.82, 2.24) is 19.7 Å². The molecule has 1 aliphatic carbocycles. The highest BCUT2D eigenvalue weighted by atomic mass is 32.2. The topological polar surface area (TPSA) is 73.1 Å². The van der Waals surface area contributed by atoms with Gasteiger partial charge in [0.2, 0.25) is 0 Å². The fourth-order valence-electron chi connectivity index (χ4n) is 4.25. The lowest BCUT2D eigenvalue weighted by molar-refractivity contribution is 0.238. The maximum atomic E-state index is 10.3. The molecule has 1 saturated carbocycles. The minimum atomic E-state index is -0.823. The van der Waals surface area contributed by atoms with Crippen LogP contribution in [0.3, 0.4) is 0 Å². The van der Waals surface area contributed by atoms with Gasteiger partial charge in [-0.15, -0.1) is 10.2 Å². The van der Waals surface area contributed by atoms with Gasteiger partial charge in [-0.05, 0) is 61.2 Å². The molecule has 0 saturated heterocycles. The van der Waals surface area contributed by atoms with Gasteiger partial charge in [-0.25, -0.2) is 0 Å². The van der Waals surface area contributed by atoms with Crippen LogP contribution in [-0.2, 0) is 6.61 Å². The summed E-state index contributed by atoms with van der Waals surface area (Å²) in [6.07, 6.45) is 7.75. The zero-order valence-electron chi connectivity index (χ0n) is 20.2. The monoisotopic (exact) mass is 496 g/mol. The molecular weight excluding hydrogens is 468 g/mol. The van der Waals surface area contributed by atoms with E-state index in [0.29, 0.717) is 5.25 Å². The van der Waals surface area contributed by atoms with E-state index in [4.69, 9.17) is 4.74 Å². The Hall–Kier alpha value is -3.60. The van der Waals surface area contributed by atoms with Gasteiger partial charge < -0.3 is 9.84 Å². The lowest BCUT2D eigenvalue weighted by atomic mass is 10.1. The van der Waals surface area contributed by atoms with Crippen molar-refractivity contribution in [3.05, 3.63) is 95.6 Å². The summed E-state index contributed by atoms with van der Waals surface area (Å²) < 4.78 is 8.17. The number of aromatic nitrogens is 4. The Morgan fingerprint density at radius 3 is 2.67 bits per heavy atom. The van der Waals surface area contributed by atoms with Crippen LogP contribution in [0.4, 0.5) is 0 Å². The largest absolute Gasteiger partial charge is 0.486 e. The van der Waals surface area contributed by atoms with Crippen LogP contribution in [0.25, 0.3) is 5.69 Å². The summed E-state index contributed by atoms with van der Waals surface area (Å²) in [7, 11) is 0. The number of rotatable bonds is 7. The Morgan fingerprint density at radius 2 is 1.92 bits per heavy atom. The normalized spacial score (nSPS) is 14.3. The lowest BCUT2D eigenvalue weighted by Crippen LogP contribution is -2.08. The van der Waals surface area contributed by atoms with Crippen LogP contribution < -0.4 is 4.74 Å². The zero-order valence-corrected chi connectivity index (χ0v) is 21.0. The fraction of sp³-hybridized carbons (Fsp3) is 0.276. The SMILES string of the molecule is Cc1cc(OCc2nnc(SC3CCCC3)n2-c2cccnc2)ccc1C#CC(O)c1ccccc1. The molecule has 0 aliphatic heterocycles. The number of ether oxygens (including phenoxy) is 1. The first-order valence-electron chi connectivity index (χ1n) is 12.2. The van der Waals surface area contributed by atoms with E-state index in [9.17, 15) is 5.11 Å². The molecule has 1 N–H and O–H groups in total. The molecule has 1 atom stereocenters. The molecule has 36 heavy (non-hydrogen) atoms. The average molecular weight is 497 g/mol. The number of aliphatic hydroxyl groups is 1. The van der Waals surface area contributed by atoms with Crippen molar-refractivity contribution < 1.29 is 9.84 Å². The third-order valence-electron chi connectivity index (χ3n) is 6.20. The Bertz CT molecular complexity index is 1360. The molecule has 1 fully saturated rings. The molecule has 182 valence electrons. The van der Waals surface area contributed by atoms with E-state index in [1.807, 2.05) is 78.4 Å². The smallest absolute Gasteiger partial charge is 0.196 e. The van der Waals surface area contributed by atoms with E-state index in [-0.39, 0.29) is 6.61 Å². The zero-order chi connectivity index (χ0) is 24.7. The maximum absolute atomic E-state index is 10.3. The molecule has 1 aliphatic rings. The van der Waals surface area contributed by atoms with Gasteiger partial charge >= 0.3 is 0 Å². The number of thioether (sulfide) groups is 1. The van der Waals surface area contributed by atoms with E-state index in [1.54, 1.807) is 18.0 Å². The maximum Gasteiger partial charge on any atom is 0.196 e. The first-order valence-corrected chi connectivity index (χ1v) is 13.0. The Balaban J connectivity index is 1.30. The van der Waals surface area contributed by atoms with Gasteiger partial charge in [-0.2, -0.15) is 0 Å². The fourth-order valence-corrected chi connectivity index (χ4v) is 5.52. The van der Waals surface area contributed by atoms with Crippen molar-refractivity contribution in [3.63, 3.8) is 0 Å². The van der Waals surface area contributed by atoms with E-state index < -0.39 is 6.10 Å². The van der Waals surface area contributed by atoms with Crippen LogP contribution in [0.5, 0.6) is 5.75 Å². The van der Waals surface area contributed by atoms with Crippen molar-refractivity contribution >= 4 is 11.8 Å². The molecule has 7 heteroatoms. The van der Waals surface area contributed by atoms with E-state index in [1.165, 1.54) is 25.7 Å².